The van der Waals surface area contributed by atoms with E-state index in [-0.39, 0.29) is 22.5 Å². The Balaban J connectivity index is 2.01. The number of amides is 1. The summed E-state index contributed by atoms with van der Waals surface area (Å²) in [6.45, 7) is -0.567. The number of nitro groups is 1. The minimum absolute atomic E-state index is 0.0697. The van der Waals surface area contributed by atoms with Crippen molar-refractivity contribution in [3.05, 3.63) is 68.2 Å². The molecule has 0 unspecified atom stereocenters. The molecule has 126 valence electrons. The van der Waals surface area contributed by atoms with E-state index in [0.29, 0.717) is 4.47 Å². The fourth-order valence-electron chi connectivity index (χ4n) is 1.87. The minimum atomic E-state index is -0.688. The van der Waals surface area contributed by atoms with Crippen LogP contribution in [-0.4, -0.2) is 23.4 Å². The van der Waals surface area contributed by atoms with Gasteiger partial charge < -0.3 is 10.1 Å². The summed E-state index contributed by atoms with van der Waals surface area (Å²) in [5.74, 6) is -1.36. The normalized spacial score (nSPS) is 9.76. The van der Waals surface area contributed by atoms with Crippen molar-refractivity contribution < 1.29 is 19.2 Å². The number of nitriles is 1. The molecule has 0 fully saturated rings. The Labute approximate surface area is 150 Å². The average Bonchev–Trinajstić information content (AvgIpc) is 2.60. The van der Waals surface area contributed by atoms with E-state index in [4.69, 9.17) is 10.00 Å². The fraction of sp³-hybridized carbons (Fsp3) is 0.0625. The van der Waals surface area contributed by atoms with Crippen LogP contribution < -0.4 is 5.32 Å². The van der Waals surface area contributed by atoms with Crippen LogP contribution in [0.2, 0.25) is 0 Å². The maximum Gasteiger partial charge on any atom is 0.339 e. The van der Waals surface area contributed by atoms with Gasteiger partial charge >= 0.3 is 5.97 Å². The topological polar surface area (TPSA) is 122 Å². The first-order valence-corrected chi connectivity index (χ1v) is 7.61. The molecule has 0 aromatic heterocycles. The smallest absolute Gasteiger partial charge is 0.339 e. The Kier molecular flexibility index (Phi) is 5.81. The lowest BCUT2D eigenvalue weighted by atomic mass is 10.1. The number of anilines is 1. The van der Waals surface area contributed by atoms with Crippen molar-refractivity contribution in [2.75, 3.05) is 11.9 Å². The predicted molar refractivity (Wildman–Crippen MR) is 90.9 cm³/mol. The Morgan fingerprint density at radius 2 is 2.00 bits per heavy atom. The van der Waals surface area contributed by atoms with E-state index in [2.05, 4.69) is 21.2 Å². The molecule has 1 amide bonds. The number of nitrogens with zero attached hydrogens (tertiary/aromatic N) is 2. The number of carbonyl (C=O) groups is 2. The van der Waals surface area contributed by atoms with Gasteiger partial charge in [-0.1, -0.05) is 12.1 Å². The molecule has 0 saturated heterocycles. The van der Waals surface area contributed by atoms with Gasteiger partial charge in [-0.05, 0) is 34.1 Å². The van der Waals surface area contributed by atoms with Gasteiger partial charge in [-0.25, -0.2) is 4.79 Å². The van der Waals surface area contributed by atoms with Crippen LogP contribution in [0.3, 0.4) is 0 Å². The fourth-order valence-corrected chi connectivity index (χ4v) is 2.32. The summed E-state index contributed by atoms with van der Waals surface area (Å²) in [6, 6.07) is 11.8. The van der Waals surface area contributed by atoms with Crippen molar-refractivity contribution in [2.24, 2.45) is 0 Å². The summed E-state index contributed by atoms with van der Waals surface area (Å²) in [5.41, 5.74) is 0.0213. The van der Waals surface area contributed by atoms with Gasteiger partial charge in [0.05, 0.1) is 21.7 Å². The molecule has 25 heavy (non-hydrogen) atoms. The van der Waals surface area contributed by atoms with E-state index in [0.717, 1.165) is 12.1 Å². The number of esters is 1. The standard InChI is InChI=1S/C16H10BrN3O5/c17-13-4-2-1-3-12(13)16(22)25-9-15(21)19-14-6-5-11(20(23)24)7-10(14)8-18/h1-7H,9H2,(H,19,21). The molecular weight excluding hydrogens is 394 g/mol. The number of nitro benzene ring substituents is 1. The van der Waals surface area contributed by atoms with E-state index < -0.39 is 23.4 Å². The summed E-state index contributed by atoms with van der Waals surface area (Å²) in [5, 5.41) is 22.1. The molecule has 0 spiro atoms. The van der Waals surface area contributed by atoms with E-state index in [1.165, 1.54) is 12.1 Å². The molecule has 9 heteroatoms. The molecule has 0 saturated carbocycles. The van der Waals surface area contributed by atoms with Crippen LogP contribution in [0.5, 0.6) is 0 Å². The largest absolute Gasteiger partial charge is 0.452 e. The average molecular weight is 404 g/mol. The van der Waals surface area contributed by atoms with E-state index in [1.807, 2.05) is 0 Å². The first-order valence-electron chi connectivity index (χ1n) is 6.82. The zero-order chi connectivity index (χ0) is 18.4. The van der Waals surface area contributed by atoms with Gasteiger partial charge in [-0.15, -0.1) is 0 Å². The Morgan fingerprint density at radius 3 is 2.64 bits per heavy atom. The second-order valence-corrected chi connectivity index (χ2v) is 5.56. The summed E-state index contributed by atoms with van der Waals surface area (Å²) in [7, 11) is 0. The molecule has 0 atom stereocenters. The Bertz CT molecular complexity index is 892. The number of non-ortho nitro benzene ring substituents is 1. The van der Waals surface area contributed by atoms with Gasteiger partial charge in [0.25, 0.3) is 11.6 Å². The molecule has 8 nitrogen and oxygen atoms in total. The SMILES string of the molecule is N#Cc1cc([N+](=O)[O-])ccc1NC(=O)COC(=O)c1ccccc1Br. The van der Waals surface area contributed by atoms with Gasteiger partial charge in [-0.2, -0.15) is 5.26 Å². The highest BCUT2D eigenvalue weighted by molar-refractivity contribution is 9.10. The third-order valence-electron chi connectivity index (χ3n) is 3.04. The third kappa shape index (κ3) is 4.62. The molecule has 1 N–H and O–H groups in total. The molecule has 2 aromatic rings. The highest BCUT2D eigenvalue weighted by Crippen LogP contribution is 2.21. The van der Waals surface area contributed by atoms with Crippen LogP contribution in [0.25, 0.3) is 0 Å². The molecular formula is C16H10BrN3O5. The second-order valence-electron chi connectivity index (χ2n) is 4.70. The monoisotopic (exact) mass is 403 g/mol. The number of nitrogens with one attached hydrogen (secondary N) is 1. The number of hydrogen-bond donors (Lipinski definition) is 1. The van der Waals surface area contributed by atoms with Crippen LogP contribution in [0.15, 0.2) is 46.9 Å². The number of halogens is 1. The van der Waals surface area contributed by atoms with Crippen LogP contribution in [-0.2, 0) is 9.53 Å². The molecule has 0 heterocycles. The Hall–Kier alpha value is -3.25. The van der Waals surface area contributed by atoms with Gasteiger partial charge in [0, 0.05) is 16.6 Å². The van der Waals surface area contributed by atoms with Gasteiger partial charge in [0.15, 0.2) is 6.61 Å². The summed E-state index contributed by atoms with van der Waals surface area (Å²) >= 11 is 3.20. The number of carbonyl (C=O) groups excluding carboxylic acids is 2. The molecule has 0 radical (unpaired) electrons. The van der Waals surface area contributed by atoms with Gasteiger partial charge in [-0.3, -0.25) is 14.9 Å². The maximum atomic E-state index is 11.9. The molecule has 2 rings (SSSR count). The van der Waals surface area contributed by atoms with Crippen molar-refractivity contribution in [3.8, 4) is 6.07 Å². The number of benzene rings is 2. The summed E-state index contributed by atoms with van der Waals surface area (Å²) in [4.78, 5) is 33.8. The van der Waals surface area contributed by atoms with Crippen LogP contribution in [0.4, 0.5) is 11.4 Å². The predicted octanol–water partition coefficient (Wildman–Crippen LogP) is 3.02. The molecule has 0 aliphatic rings. The van der Waals surface area contributed by atoms with Crippen LogP contribution in [0.1, 0.15) is 15.9 Å². The number of ether oxygens (including phenoxy) is 1. The zero-order valence-corrected chi connectivity index (χ0v) is 14.1. The highest BCUT2D eigenvalue weighted by atomic mass is 79.9. The lowest BCUT2D eigenvalue weighted by Crippen LogP contribution is -2.21. The summed E-state index contributed by atoms with van der Waals surface area (Å²) in [6.07, 6.45) is 0. The highest BCUT2D eigenvalue weighted by Gasteiger charge is 2.15. The number of rotatable bonds is 5. The summed E-state index contributed by atoms with van der Waals surface area (Å²) < 4.78 is 5.44. The van der Waals surface area contributed by atoms with Crippen molar-refractivity contribution in [1.82, 2.24) is 0 Å². The molecule has 0 bridgehead atoms. The number of hydrogen-bond acceptors (Lipinski definition) is 6. The van der Waals surface area contributed by atoms with E-state index in [1.54, 1.807) is 24.3 Å². The van der Waals surface area contributed by atoms with Gasteiger partial charge in [0.2, 0.25) is 0 Å². The first kappa shape index (κ1) is 18.1. The maximum absolute atomic E-state index is 11.9. The van der Waals surface area contributed by atoms with Crippen LogP contribution in [0, 0.1) is 21.4 Å². The second kappa shape index (κ2) is 8.03. The Morgan fingerprint density at radius 1 is 1.28 bits per heavy atom. The third-order valence-corrected chi connectivity index (χ3v) is 3.73. The lowest BCUT2D eigenvalue weighted by molar-refractivity contribution is -0.384. The van der Waals surface area contributed by atoms with E-state index >= 15 is 0 Å². The van der Waals surface area contributed by atoms with Crippen molar-refractivity contribution in [3.63, 3.8) is 0 Å². The minimum Gasteiger partial charge on any atom is -0.452 e. The van der Waals surface area contributed by atoms with Gasteiger partial charge in [0.1, 0.15) is 6.07 Å². The molecule has 0 aliphatic carbocycles. The van der Waals surface area contributed by atoms with Crippen LogP contribution >= 0.6 is 15.9 Å². The molecule has 0 aliphatic heterocycles. The lowest BCUT2D eigenvalue weighted by Gasteiger charge is -2.08. The molecule has 2 aromatic carbocycles. The van der Waals surface area contributed by atoms with Crippen molar-refractivity contribution in [2.45, 2.75) is 0 Å². The van der Waals surface area contributed by atoms with Crippen molar-refractivity contribution >= 4 is 39.2 Å². The zero-order valence-electron chi connectivity index (χ0n) is 12.6. The van der Waals surface area contributed by atoms with Crippen molar-refractivity contribution in [1.29, 1.82) is 5.26 Å². The van der Waals surface area contributed by atoms with E-state index in [9.17, 15) is 19.7 Å². The first-order chi connectivity index (χ1) is 11.9. The quantitative estimate of drug-likeness (QED) is 0.464.